The van der Waals surface area contributed by atoms with Gasteiger partial charge in [0.05, 0.1) is 209 Å². The summed E-state index contributed by atoms with van der Waals surface area (Å²) in [6.07, 6.45) is 19.3. The molecule has 0 saturated carbocycles. The second kappa shape index (κ2) is 69.5. The van der Waals surface area contributed by atoms with Crippen LogP contribution >= 0.6 is 0 Å². The number of hydrogen-bond donors (Lipinski definition) is 0. The van der Waals surface area contributed by atoms with E-state index in [1.54, 1.807) is 28.4 Å². The van der Waals surface area contributed by atoms with Crippen LogP contribution in [0.1, 0.15) is 189 Å². The first-order valence-corrected chi connectivity index (χ1v) is 43.2. The molecule has 0 heterocycles. The van der Waals surface area contributed by atoms with Crippen molar-refractivity contribution in [3.63, 3.8) is 0 Å². The fourth-order valence-electron chi connectivity index (χ4n) is 11.7. The van der Waals surface area contributed by atoms with Crippen molar-refractivity contribution in [1.82, 2.24) is 0 Å². The van der Waals surface area contributed by atoms with Crippen molar-refractivity contribution in [3.05, 3.63) is 154 Å². The molecule has 0 N–H and O–H groups in total. The maximum atomic E-state index is 6.45. The van der Waals surface area contributed by atoms with Crippen LogP contribution in [0.25, 0.3) is 0 Å². The molecule has 5 aromatic rings. The fourth-order valence-corrected chi connectivity index (χ4v) is 11.7. The van der Waals surface area contributed by atoms with E-state index in [0.29, 0.717) is 219 Å². The standard InChI is InChI=1S/C98H142O20/c1-11-13-15-17-19-21-23-25-51-115-95-43-31-85(32-44-95)27-39-91-69-93(41-29-87-35-47-97(48-36-87)117-79-89(75-107-71-81(3)111-65-61-103-57-53-99-7)76-108-72-82(4)112-66-62-104-58-54-100-8)94(70-92(91)40-28-86-33-45-96(46-34-86)116-52-26-24-22-20-18-16-14-12-2)42-30-88-37-49-98(50-38-88)118-80-90(77-109-73-83(5)113-67-63-105-59-55-101-9)78-110-74-84(6)114-68-64-106-60-56-102-10/h31-38,43-50,69-70,81-84,89-90H,11-26,51-68,71-80H2,1-10H3/t81-,82-,83-,84-/m0/s1. The van der Waals surface area contributed by atoms with E-state index in [2.05, 4.69) is 61.2 Å². The van der Waals surface area contributed by atoms with Gasteiger partial charge in [0.1, 0.15) is 23.0 Å². The second-order valence-corrected chi connectivity index (χ2v) is 29.3. The molecule has 0 aliphatic carbocycles. The Morgan fingerprint density at radius 3 is 0.695 bits per heavy atom. The lowest BCUT2D eigenvalue weighted by molar-refractivity contribution is -0.0615. The van der Waals surface area contributed by atoms with Crippen molar-refractivity contribution in [1.29, 1.82) is 0 Å². The van der Waals surface area contributed by atoms with E-state index in [1.165, 1.54) is 89.9 Å². The van der Waals surface area contributed by atoms with Gasteiger partial charge in [0.2, 0.25) is 0 Å². The molecule has 0 aliphatic heterocycles. The van der Waals surface area contributed by atoms with E-state index in [-0.39, 0.29) is 36.3 Å². The zero-order chi connectivity index (χ0) is 84.0. The molecule has 0 fully saturated rings. The van der Waals surface area contributed by atoms with Crippen LogP contribution in [-0.4, -0.2) is 238 Å². The van der Waals surface area contributed by atoms with Crippen molar-refractivity contribution < 1.29 is 94.7 Å². The number of ether oxygens (including phenoxy) is 20. The van der Waals surface area contributed by atoms with Crippen molar-refractivity contribution in [2.75, 3.05) is 213 Å². The van der Waals surface area contributed by atoms with Gasteiger partial charge in [0.15, 0.2) is 0 Å². The van der Waals surface area contributed by atoms with Crippen molar-refractivity contribution >= 4 is 0 Å². The molecule has 0 aliphatic rings. The number of methoxy groups -OCH3 is 4. The highest BCUT2D eigenvalue weighted by Crippen LogP contribution is 2.22. The normalized spacial score (nSPS) is 12.2. The van der Waals surface area contributed by atoms with E-state index in [9.17, 15) is 0 Å². The molecule has 0 amide bonds. The van der Waals surface area contributed by atoms with Gasteiger partial charge in [-0.05, 0) is 150 Å². The van der Waals surface area contributed by atoms with Crippen LogP contribution in [0.3, 0.4) is 0 Å². The van der Waals surface area contributed by atoms with Gasteiger partial charge >= 0.3 is 0 Å². The van der Waals surface area contributed by atoms with Gasteiger partial charge < -0.3 is 94.7 Å². The molecule has 5 rings (SSSR count). The highest BCUT2D eigenvalue weighted by molar-refractivity contribution is 5.64. The monoisotopic (exact) mass is 1640 g/mol. The molecular weight excluding hydrogens is 1500 g/mol. The molecular formula is C98H142O20. The van der Waals surface area contributed by atoms with Gasteiger partial charge in [-0.25, -0.2) is 0 Å². The highest BCUT2D eigenvalue weighted by atomic mass is 16.6. The first-order valence-electron chi connectivity index (χ1n) is 43.2. The number of hydrogen-bond acceptors (Lipinski definition) is 20. The van der Waals surface area contributed by atoms with Gasteiger partial charge in [-0.2, -0.15) is 0 Å². The minimum Gasteiger partial charge on any atom is -0.494 e. The Hall–Kier alpha value is -7.10. The molecule has 20 heteroatoms. The molecule has 0 bridgehead atoms. The first kappa shape index (κ1) is 101. The maximum Gasteiger partial charge on any atom is 0.119 e. The Morgan fingerprint density at radius 1 is 0.220 bits per heavy atom. The summed E-state index contributed by atoms with van der Waals surface area (Å²) in [5, 5.41) is 0. The second-order valence-electron chi connectivity index (χ2n) is 29.3. The molecule has 4 atom stereocenters. The van der Waals surface area contributed by atoms with Crippen LogP contribution in [0.2, 0.25) is 0 Å². The molecule has 0 aromatic heterocycles. The first-order chi connectivity index (χ1) is 58.0. The van der Waals surface area contributed by atoms with E-state index in [4.69, 9.17) is 94.7 Å². The summed E-state index contributed by atoms with van der Waals surface area (Å²) in [6.45, 7) is 25.5. The van der Waals surface area contributed by atoms with Crippen LogP contribution in [0.4, 0.5) is 0 Å². The SMILES string of the molecule is CCCCCCCCCCOc1ccc(C#Cc2cc(C#Cc3ccc(OCC(COC[C@H](C)OCCOCCOC)COC[C@H](C)OCCOCCOC)cc3)c(C#Cc3ccc(OCC(COC[C@H](C)OCCOCCOC)COC[C@H](C)OCCOCCOC)cc3)cc2C#Cc2ccc(OCCCCCCCCCC)cc2)cc1. The Morgan fingerprint density at radius 2 is 0.449 bits per heavy atom. The molecule has 0 spiro atoms. The third-order valence-corrected chi connectivity index (χ3v) is 18.5. The number of benzene rings is 5. The Bertz CT molecular complexity index is 3240. The summed E-state index contributed by atoms with van der Waals surface area (Å²) < 4.78 is 117. The van der Waals surface area contributed by atoms with Gasteiger partial charge in [0, 0.05) is 84.8 Å². The summed E-state index contributed by atoms with van der Waals surface area (Å²) in [4.78, 5) is 0. The van der Waals surface area contributed by atoms with Crippen molar-refractivity contribution in [2.24, 2.45) is 11.8 Å². The lowest BCUT2D eigenvalue weighted by Gasteiger charge is -2.21. The predicted octanol–water partition coefficient (Wildman–Crippen LogP) is 16.7. The summed E-state index contributed by atoms with van der Waals surface area (Å²) in [5.41, 5.74) is 5.96. The minimum atomic E-state index is -0.143. The topological polar surface area (TPSA) is 185 Å². The van der Waals surface area contributed by atoms with Gasteiger partial charge in [-0.1, -0.05) is 151 Å². The minimum absolute atomic E-state index is 0.107. The third kappa shape index (κ3) is 51.5. The Labute approximate surface area is 709 Å². The molecule has 0 saturated heterocycles. The molecule has 118 heavy (non-hydrogen) atoms. The van der Waals surface area contributed by atoms with E-state index >= 15 is 0 Å². The van der Waals surface area contributed by atoms with Crippen molar-refractivity contribution in [3.8, 4) is 70.4 Å². The largest absolute Gasteiger partial charge is 0.494 e. The molecule has 20 nitrogen and oxygen atoms in total. The van der Waals surface area contributed by atoms with Crippen molar-refractivity contribution in [2.45, 2.75) is 169 Å². The van der Waals surface area contributed by atoms with Gasteiger partial charge in [-0.15, -0.1) is 0 Å². The summed E-state index contributed by atoms with van der Waals surface area (Å²) in [5.74, 6) is 30.6. The van der Waals surface area contributed by atoms with Crippen LogP contribution < -0.4 is 18.9 Å². The summed E-state index contributed by atoms with van der Waals surface area (Å²) in [6, 6.07) is 35.5. The fraction of sp³-hybridized carbons (Fsp3) is 0.612. The quantitative estimate of drug-likeness (QED) is 0.0264. The predicted molar refractivity (Wildman–Crippen MR) is 466 cm³/mol. The Kier molecular flexibility index (Phi) is 59.8. The van der Waals surface area contributed by atoms with Gasteiger partial charge in [-0.3, -0.25) is 0 Å². The molecule has 0 unspecified atom stereocenters. The average molecular weight is 1640 g/mol. The highest BCUT2D eigenvalue weighted by Gasteiger charge is 2.18. The van der Waals surface area contributed by atoms with Crippen LogP contribution in [0, 0.1) is 59.2 Å². The number of rotatable bonds is 70. The summed E-state index contributed by atoms with van der Waals surface area (Å²) in [7, 11) is 6.60. The molecule has 0 radical (unpaired) electrons. The smallest absolute Gasteiger partial charge is 0.119 e. The molecule has 5 aromatic carbocycles. The van der Waals surface area contributed by atoms with Crippen LogP contribution in [-0.2, 0) is 75.8 Å². The average Bonchev–Trinajstić information content (AvgIpc) is 0.815. The zero-order valence-corrected chi connectivity index (χ0v) is 73.1. The van der Waals surface area contributed by atoms with Crippen LogP contribution in [0.15, 0.2) is 109 Å². The molecule has 654 valence electrons. The third-order valence-electron chi connectivity index (χ3n) is 18.5. The lowest BCUT2D eigenvalue weighted by atomic mass is 9.97. The van der Waals surface area contributed by atoms with Crippen LogP contribution in [0.5, 0.6) is 23.0 Å². The van der Waals surface area contributed by atoms with E-state index in [0.717, 1.165) is 46.6 Å². The van der Waals surface area contributed by atoms with Gasteiger partial charge in [0.25, 0.3) is 0 Å². The number of unbranched alkanes of at least 4 members (excludes halogenated alkanes) is 14. The zero-order valence-electron chi connectivity index (χ0n) is 73.1. The maximum absolute atomic E-state index is 6.45. The Balaban J connectivity index is 1.45. The lowest BCUT2D eigenvalue weighted by Crippen LogP contribution is -2.28. The summed E-state index contributed by atoms with van der Waals surface area (Å²) >= 11 is 0. The van der Waals surface area contributed by atoms with E-state index < -0.39 is 0 Å². The van der Waals surface area contributed by atoms with E-state index in [1.807, 2.05) is 137 Å².